The minimum absolute atomic E-state index is 0.0945. The number of nitrogens with one attached hydrogen (secondary N) is 4. The topological polar surface area (TPSA) is 279 Å². The van der Waals surface area contributed by atoms with E-state index >= 15 is 9.59 Å². The molecule has 0 aliphatic carbocycles. The molecular formula is C63H113N11O12. The van der Waals surface area contributed by atoms with Gasteiger partial charge in [-0.3, -0.25) is 52.7 Å². The Bertz CT molecular complexity index is 2330. The van der Waals surface area contributed by atoms with E-state index < -0.39 is 150 Å². The molecule has 0 saturated carbocycles. The Balaban J connectivity index is 4.35. The first-order valence-corrected chi connectivity index (χ1v) is 31.2. The molecule has 1 fully saturated rings. The van der Waals surface area contributed by atoms with Crippen molar-refractivity contribution >= 4 is 65.0 Å². The molecule has 86 heavy (non-hydrogen) atoms. The predicted octanol–water partition coefficient (Wildman–Crippen LogP) is 3.80. The maximum Gasteiger partial charge on any atom is 0.246 e. The van der Waals surface area contributed by atoms with Crippen LogP contribution in [0.25, 0.3) is 0 Å². The Morgan fingerprint density at radius 3 is 1.29 bits per heavy atom. The summed E-state index contributed by atoms with van der Waals surface area (Å²) in [6, 6.07) is -12.2. The molecule has 1 heterocycles. The van der Waals surface area contributed by atoms with Crippen LogP contribution < -0.4 is 21.3 Å². The van der Waals surface area contributed by atoms with Gasteiger partial charge in [0.15, 0.2) is 0 Å². The first kappa shape index (κ1) is 77.9. The van der Waals surface area contributed by atoms with Crippen molar-refractivity contribution in [2.24, 2.45) is 35.5 Å². The van der Waals surface area contributed by atoms with Gasteiger partial charge in [0.2, 0.25) is 65.0 Å². The van der Waals surface area contributed by atoms with Crippen LogP contribution in [-0.2, 0) is 52.7 Å². The summed E-state index contributed by atoms with van der Waals surface area (Å²) in [5.41, 5.74) is 0. The van der Waals surface area contributed by atoms with Gasteiger partial charge < -0.3 is 60.7 Å². The highest BCUT2D eigenvalue weighted by Crippen LogP contribution is 2.26. The molecule has 492 valence electrons. The van der Waals surface area contributed by atoms with E-state index in [1.54, 1.807) is 40.7 Å². The number of carbonyl (C=O) groups excluding carboxylic acids is 11. The van der Waals surface area contributed by atoms with Gasteiger partial charge in [0, 0.05) is 49.3 Å². The van der Waals surface area contributed by atoms with Crippen LogP contribution in [0.2, 0.25) is 0 Å². The highest BCUT2D eigenvalue weighted by atomic mass is 16.3. The summed E-state index contributed by atoms with van der Waals surface area (Å²) in [6.45, 7) is 27.9. The van der Waals surface area contributed by atoms with Crippen molar-refractivity contribution in [2.75, 3.05) is 55.9 Å². The third-order valence-corrected chi connectivity index (χ3v) is 16.2. The van der Waals surface area contributed by atoms with Gasteiger partial charge in [0.25, 0.3) is 0 Å². The van der Waals surface area contributed by atoms with Crippen LogP contribution >= 0.6 is 0 Å². The van der Waals surface area contributed by atoms with E-state index in [1.165, 1.54) is 87.7 Å². The van der Waals surface area contributed by atoms with Crippen LogP contribution in [0.5, 0.6) is 0 Å². The zero-order valence-electron chi connectivity index (χ0n) is 56.6. The summed E-state index contributed by atoms with van der Waals surface area (Å²) >= 11 is 0. The fraction of sp³-hybridized carbons (Fsp3) is 0.794. The summed E-state index contributed by atoms with van der Waals surface area (Å²) in [7, 11) is 9.97. The molecule has 1 saturated heterocycles. The first-order valence-electron chi connectivity index (χ1n) is 31.2. The molecule has 23 heteroatoms. The molecule has 1 rings (SSSR count). The Kier molecular flexibility index (Phi) is 32.8. The van der Waals surface area contributed by atoms with Crippen molar-refractivity contribution in [3.8, 4) is 0 Å². The molecule has 5 N–H and O–H groups in total. The number of likely N-dealkylation sites (N-methyl/N-ethyl adjacent to an activating group) is 7. The second kappa shape index (κ2) is 36.2. The van der Waals surface area contributed by atoms with E-state index in [-0.39, 0.29) is 62.2 Å². The molecule has 11 amide bonds. The summed E-state index contributed by atoms with van der Waals surface area (Å²) in [4.78, 5) is 169. The smallest absolute Gasteiger partial charge is 0.246 e. The summed E-state index contributed by atoms with van der Waals surface area (Å²) in [5, 5.41) is 23.2. The number of hydrogen-bond acceptors (Lipinski definition) is 12. The molecule has 23 nitrogen and oxygen atoms in total. The second-order valence-electron chi connectivity index (χ2n) is 26.1. The number of rotatable bonds is 17. The van der Waals surface area contributed by atoms with E-state index in [0.29, 0.717) is 19.3 Å². The third kappa shape index (κ3) is 22.2. The van der Waals surface area contributed by atoms with Crippen LogP contribution in [0.4, 0.5) is 0 Å². The number of allylic oxidation sites excluding steroid dienone is 2. The van der Waals surface area contributed by atoms with Gasteiger partial charge in [0.05, 0.1) is 12.6 Å². The molecule has 0 bridgehead atoms. The SMILES string of the molecule is C/C=C/C[C@@H](C)[C@@H](O)[C@H]1C(=O)N[C@H](CCC)C(=O)N(C)CC(=O)N(C)[C@@H](CC(C)C)C(=O)N[C@@H](CCC)C(=O)N(C)[C@H](CC(C)C)C(=O)N[C@@H](C)C(=O)N[C@H](C)C(=O)N(C)[C@@H](CC(C)C)C(=O)N(C)[C@@H](CC(C)C)C(=O)N(C)[C@H](C(C)C)C(=O)N1C. The lowest BCUT2D eigenvalue weighted by atomic mass is 9.91. The van der Waals surface area contributed by atoms with E-state index in [0.717, 1.165) is 9.80 Å². The van der Waals surface area contributed by atoms with Crippen LogP contribution in [0.15, 0.2) is 12.2 Å². The molecule has 1 aliphatic heterocycles. The molecule has 0 aromatic carbocycles. The first-order chi connectivity index (χ1) is 39.8. The fourth-order valence-electron chi connectivity index (χ4n) is 11.0. The van der Waals surface area contributed by atoms with Gasteiger partial charge in [-0.05, 0) is 101 Å². The zero-order valence-corrected chi connectivity index (χ0v) is 56.6. The van der Waals surface area contributed by atoms with E-state index in [1.807, 2.05) is 68.4 Å². The van der Waals surface area contributed by atoms with Crippen LogP contribution in [-0.4, -0.2) is 227 Å². The average Bonchev–Trinajstić information content (AvgIpc) is 1.39. The highest BCUT2D eigenvalue weighted by Gasteiger charge is 2.45. The van der Waals surface area contributed by atoms with Gasteiger partial charge in [-0.1, -0.05) is 115 Å². The third-order valence-electron chi connectivity index (χ3n) is 16.2. The quantitative estimate of drug-likeness (QED) is 0.130. The van der Waals surface area contributed by atoms with Gasteiger partial charge in [-0.2, -0.15) is 0 Å². The number of hydrogen-bond donors (Lipinski definition) is 5. The number of aliphatic hydroxyl groups is 1. The molecule has 0 radical (unpaired) electrons. The molecule has 1 aliphatic rings. The zero-order chi connectivity index (χ0) is 66.5. The maximum absolute atomic E-state index is 15.2. The predicted molar refractivity (Wildman–Crippen MR) is 333 cm³/mol. The van der Waals surface area contributed by atoms with Gasteiger partial charge in [-0.25, -0.2) is 0 Å². The molecule has 12 atom stereocenters. The second-order valence-corrected chi connectivity index (χ2v) is 26.1. The Morgan fingerprint density at radius 1 is 0.453 bits per heavy atom. The standard InChI is InChI=1S/C63H113N11O12/c1-24-27-30-41(14)53(76)52-57(80)67-44(28-25-2)59(82)68(17)35-50(75)69(18)46(31-36(4)5)56(79)66-45(29-26-3)60(83)70(19)47(32-37(6)7)55(78)64-42(15)54(77)65-43(16)58(81)71(20)48(33-38(8)9)61(84)72(21)49(34-39(10)11)62(85)73(22)51(40(12)13)63(86)74(52)23/h24,27,36-49,51-53,76H,25-26,28-35H2,1-23H3,(H,64,78)(H,65,77)(H,66,79)(H,67,80)/b27-24+/t41-,42+,43-,44-,45+,46+,47-,48+,49+,51-,52+,53-/m1/s1. The van der Waals surface area contributed by atoms with E-state index in [9.17, 15) is 48.3 Å². The largest absolute Gasteiger partial charge is 0.390 e. The molecule has 0 spiro atoms. The minimum atomic E-state index is -1.61. The van der Waals surface area contributed by atoms with Crippen molar-refractivity contribution in [1.82, 2.24) is 55.6 Å². The average molecular weight is 1220 g/mol. The van der Waals surface area contributed by atoms with E-state index in [2.05, 4.69) is 21.3 Å². The lowest BCUT2D eigenvalue weighted by Crippen LogP contribution is -2.63. The Labute approximate surface area is 515 Å². The normalized spacial score (nSPS) is 26.7. The number of aliphatic hydroxyl groups excluding tert-OH is 1. The lowest BCUT2D eigenvalue weighted by molar-refractivity contribution is -0.157. The Morgan fingerprint density at radius 2 is 0.837 bits per heavy atom. The van der Waals surface area contributed by atoms with Gasteiger partial charge in [0.1, 0.15) is 60.4 Å². The van der Waals surface area contributed by atoms with Crippen molar-refractivity contribution in [2.45, 2.75) is 235 Å². The van der Waals surface area contributed by atoms with Crippen molar-refractivity contribution < 1.29 is 57.8 Å². The monoisotopic (exact) mass is 1220 g/mol. The van der Waals surface area contributed by atoms with Crippen molar-refractivity contribution in [3.63, 3.8) is 0 Å². The number of nitrogens with zero attached hydrogens (tertiary/aromatic N) is 7. The van der Waals surface area contributed by atoms with Crippen molar-refractivity contribution in [1.29, 1.82) is 0 Å². The summed E-state index contributed by atoms with van der Waals surface area (Å²) < 4.78 is 0. The number of carbonyl (C=O) groups is 11. The highest BCUT2D eigenvalue weighted by molar-refractivity contribution is 5.99. The lowest BCUT2D eigenvalue weighted by Gasteiger charge is -2.41. The molecular weight excluding hydrogens is 1100 g/mol. The molecule has 0 unspecified atom stereocenters. The minimum Gasteiger partial charge on any atom is -0.390 e. The van der Waals surface area contributed by atoms with E-state index in [4.69, 9.17) is 0 Å². The van der Waals surface area contributed by atoms with Crippen molar-refractivity contribution in [3.05, 3.63) is 12.2 Å². The molecule has 0 aromatic heterocycles. The van der Waals surface area contributed by atoms with Crippen LogP contribution in [0, 0.1) is 35.5 Å². The fourth-order valence-corrected chi connectivity index (χ4v) is 11.0. The van der Waals surface area contributed by atoms with Crippen LogP contribution in [0.3, 0.4) is 0 Å². The maximum atomic E-state index is 15.2. The summed E-state index contributed by atoms with van der Waals surface area (Å²) in [5.74, 6) is -9.07. The Hall–Kier alpha value is -6.13. The van der Waals surface area contributed by atoms with Crippen LogP contribution in [0.1, 0.15) is 169 Å². The number of amides is 11. The van der Waals surface area contributed by atoms with Gasteiger partial charge in [-0.15, -0.1) is 0 Å². The molecule has 0 aromatic rings. The summed E-state index contributed by atoms with van der Waals surface area (Å²) in [6.07, 6.45) is 4.15. The van der Waals surface area contributed by atoms with Gasteiger partial charge >= 0.3 is 0 Å².